The maximum Gasteiger partial charge on any atom is 0.297 e. The lowest BCUT2D eigenvalue weighted by Crippen LogP contribution is -2.14. The second-order valence-corrected chi connectivity index (χ2v) is 4.29. The molecule has 5 heteroatoms. The minimum absolute atomic E-state index is 0.208. The second-order valence-electron chi connectivity index (χ2n) is 4.29. The first-order valence-corrected chi connectivity index (χ1v) is 5.50. The van der Waals surface area contributed by atoms with Crippen LogP contribution in [0.5, 0.6) is 0 Å². The van der Waals surface area contributed by atoms with Crippen LogP contribution in [0, 0.1) is 5.92 Å². The number of aromatic nitrogens is 2. The summed E-state index contributed by atoms with van der Waals surface area (Å²) >= 11 is 0. The molecule has 1 atom stereocenters. The molecule has 3 nitrogen and oxygen atoms in total. The first-order chi connectivity index (χ1) is 7.70. The molecule has 1 heterocycles. The first kappa shape index (κ1) is 11.4. The van der Waals surface area contributed by atoms with Crippen molar-refractivity contribution in [3.8, 4) is 0 Å². The van der Waals surface area contributed by atoms with Gasteiger partial charge < -0.3 is 5.73 Å². The third kappa shape index (κ3) is 2.72. The lowest BCUT2D eigenvalue weighted by atomic mass is 9.96. The van der Waals surface area contributed by atoms with Crippen molar-refractivity contribution in [1.29, 1.82) is 0 Å². The Kier molecular flexibility index (Phi) is 3.43. The Balaban J connectivity index is 2.05. The average Bonchev–Trinajstić information content (AvgIpc) is 3.10. The molecule has 0 bridgehead atoms. The summed E-state index contributed by atoms with van der Waals surface area (Å²) in [6.45, 7) is 0.522. The molecule has 1 aliphatic rings. The average molecular weight is 227 g/mol. The number of alkyl halides is 2. The highest BCUT2D eigenvalue weighted by Gasteiger charge is 2.26. The van der Waals surface area contributed by atoms with E-state index in [1.165, 1.54) is 25.2 Å². The number of nitrogens with two attached hydrogens (primary N) is 1. The van der Waals surface area contributed by atoms with Crippen molar-refractivity contribution in [2.24, 2.45) is 11.7 Å². The number of hydrogen-bond acceptors (Lipinski definition) is 3. The van der Waals surface area contributed by atoms with Crippen LogP contribution in [0.1, 0.15) is 43.0 Å². The van der Waals surface area contributed by atoms with E-state index in [4.69, 9.17) is 5.73 Å². The molecule has 1 saturated carbocycles. The normalized spacial score (nSPS) is 17.8. The predicted octanol–water partition coefficient (Wildman–Crippen LogP) is 2.26. The fourth-order valence-corrected chi connectivity index (χ4v) is 1.80. The van der Waals surface area contributed by atoms with Gasteiger partial charge in [-0.3, -0.25) is 0 Å². The summed E-state index contributed by atoms with van der Waals surface area (Å²) in [6, 6.07) is 0. The molecule has 1 aromatic rings. The third-order valence-corrected chi connectivity index (χ3v) is 2.96. The van der Waals surface area contributed by atoms with Crippen molar-refractivity contribution < 1.29 is 8.78 Å². The molecular weight excluding hydrogens is 212 g/mol. The SMILES string of the molecule is NCC(CC1CC1)c1cnc(C(F)F)nc1. The van der Waals surface area contributed by atoms with Crippen LogP contribution in [0.4, 0.5) is 8.78 Å². The molecule has 0 saturated heterocycles. The van der Waals surface area contributed by atoms with E-state index in [1.54, 1.807) is 0 Å². The van der Waals surface area contributed by atoms with Crippen LogP contribution in [0.15, 0.2) is 12.4 Å². The van der Waals surface area contributed by atoms with E-state index in [-0.39, 0.29) is 5.92 Å². The molecule has 0 aromatic carbocycles. The van der Waals surface area contributed by atoms with Gasteiger partial charge in [0.2, 0.25) is 0 Å². The van der Waals surface area contributed by atoms with Crippen molar-refractivity contribution in [3.05, 3.63) is 23.8 Å². The molecular formula is C11H15F2N3. The van der Waals surface area contributed by atoms with Crippen molar-refractivity contribution in [3.63, 3.8) is 0 Å². The molecule has 2 rings (SSSR count). The Morgan fingerprint density at radius 2 is 1.94 bits per heavy atom. The molecule has 1 aliphatic carbocycles. The lowest BCUT2D eigenvalue weighted by Gasteiger charge is -2.13. The Hall–Kier alpha value is -1.10. The molecule has 1 unspecified atom stereocenters. The fourth-order valence-electron chi connectivity index (χ4n) is 1.80. The number of nitrogens with zero attached hydrogens (tertiary/aromatic N) is 2. The van der Waals surface area contributed by atoms with Crippen LogP contribution in [-0.2, 0) is 0 Å². The van der Waals surface area contributed by atoms with Gasteiger partial charge in [0, 0.05) is 12.4 Å². The van der Waals surface area contributed by atoms with Crippen LogP contribution in [0.3, 0.4) is 0 Å². The quantitative estimate of drug-likeness (QED) is 0.839. The van der Waals surface area contributed by atoms with Gasteiger partial charge in [-0.1, -0.05) is 12.8 Å². The highest BCUT2D eigenvalue weighted by atomic mass is 19.3. The van der Waals surface area contributed by atoms with Gasteiger partial charge in [0.05, 0.1) is 0 Å². The largest absolute Gasteiger partial charge is 0.330 e. The molecule has 0 aliphatic heterocycles. The van der Waals surface area contributed by atoms with E-state index < -0.39 is 12.2 Å². The standard InChI is InChI=1S/C11H15F2N3/c12-10(13)11-15-5-9(6-16-11)8(4-14)3-7-1-2-7/h5-8,10H,1-4,14H2. The molecule has 88 valence electrons. The third-order valence-electron chi connectivity index (χ3n) is 2.96. The van der Waals surface area contributed by atoms with Crippen molar-refractivity contribution in [2.45, 2.75) is 31.6 Å². The maximum atomic E-state index is 12.3. The van der Waals surface area contributed by atoms with Crippen LogP contribution < -0.4 is 5.73 Å². The summed E-state index contributed by atoms with van der Waals surface area (Å²) in [5.41, 5.74) is 6.55. The number of rotatable bonds is 5. The highest BCUT2D eigenvalue weighted by molar-refractivity contribution is 5.13. The highest BCUT2D eigenvalue weighted by Crippen LogP contribution is 2.38. The first-order valence-electron chi connectivity index (χ1n) is 5.50. The van der Waals surface area contributed by atoms with E-state index in [2.05, 4.69) is 9.97 Å². The van der Waals surface area contributed by atoms with Crippen LogP contribution in [0.25, 0.3) is 0 Å². The van der Waals surface area contributed by atoms with Gasteiger partial charge in [0.25, 0.3) is 6.43 Å². The van der Waals surface area contributed by atoms with E-state index >= 15 is 0 Å². The van der Waals surface area contributed by atoms with Crippen LogP contribution >= 0.6 is 0 Å². The topological polar surface area (TPSA) is 51.8 Å². The fraction of sp³-hybridized carbons (Fsp3) is 0.636. The minimum Gasteiger partial charge on any atom is -0.330 e. The van der Waals surface area contributed by atoms with Crippen molar-refractivity contribution in [1.82, 2.24) is 9.97 Å². The molecule has 1 aromatic heterocycles. The Morgan fingerprint density at radius 1 is 1.31 bits per heavy atom. The van der Waals surface area contributed by atoms with E-state index in [1.807, 2.05) is 0 Å². The van der Waals surface area contributed by atoms with Gasteiger partial charge in [0.15, 0.2) is 5.82 Å². The summed E-state index contributed by atoms with van der Waals surface area (Å²) < 4.78 is 24.5. The summed E-state index contributed by atoms with van der Waals surface area (Å²) in [5, 5.41) is 0. The van der Waals surface area contributed by atoms with Crippen LogP contribution in [0.2, 0.25) is 0 Å². The van der Waals surface area contributed by atoms with Crippen LogP contribution in [-0.4, -0.2) is 16.5 Å². The molecule has 0 radical (unpaired) electrons. The van der Waals surface area contributed by atoms with Gasteiger partial charge in [-0.25, -0.2) is 18.7 Å². The smallest absolute Gasteiger partial charge is 0.297 e. The summed E-state index contributed by atoms with van der Waals surface area (Å²) in [7, 11) is 0. The molecule has 2 N–H and O–H groups in total. The maximum absolute atomic E-state index is 12.3. The zero-order chi connectivity index (χ0) is 11.5. The predicted molar refractivity (Wildman–Crippen MR) is 56.1 cm³/mol. The van der Waals surface area contributed by atoms with E-state index in [0.717, 1.165) is 17.9 Å². The molecule has 0 amide bonds. The Morgan fingerprint density at radius 3 is 2.38 bits per heavy atom. The summed E-state index contributed by atoms with van der Waals surface area (Å²) in [6.07, 6.45) is 3.89. The monoisotopic (exact) mass is 227 g/mol. The molecule has 1 fully saturated rings. The Bertz CT molecular complexity index is 336. The summed E-state index contributed by atoms with van der Waals surface area (Å²) in [4.78, 5) is 7.32. The van der Waals surface area contributed by atoms with Crippen molar-refractivity contribution in [2.75, 3.05) is 6.54 Å². The zero-order valence-electron chi connectivity index (χ0n) is 8.94. The number of hydrogen-bond donors (Lipinski definition) is 1. The van der Waals surface area contributed by atoms with Gasteiger partial charge in [0.1, 0.15) is 0 Å². The number of halogens is 2. The van der Waals surface area contributed by atoms with E-state index in [0.29, 0.717) is 6.54 Å². The van der Waals surface area contributed by atoms with Gasteiger partial charge in [-0.05, 0) is 30.4 Å². The summed E-state index contributed by atoms with van der Waals surface area (Å²) in [5.74, 6) is 0.550. The van der Waals surface area contributed by atoms with Gasteiger partial charge in [-0.2, -0.15) is 0 Å². The lowest BCUT2D eigenvalue weighted by molar-refractivity contribution is 0.140. The zero-order valence-corrected chi connectivity index (χ0v) is 8.94. The Labute approximate surface area is 93.1 Å². The molecule has 16 heavy (non-hydrogen) atoms. The second kappa shape index (κ2) is 4.82. The van der Waals surface area contributed by atoms with Gasteiger partial charge >= 0.3 is 0 Å². The minimum atomic E-state index is -2.60. The van der Waals surface area contributed by atoms with Gasteiger partial charge in [-0.15, -0.1) is 0 Å². The molecule has 0 spiro atoms. The van der Waals surface area contributed by atoms with E-state index in [9.17, 15) is 8.78 Å². The van der Waals surface area contributed by atoms with Crippen molar-refractivity contribution >= 4 is 0 Å².